The fourth-order valence-electron chi connectivity index (χ4n) is 2.66. The molecule has 1 aromatic rings. The molecular formula is C16H20N4. The second-order valence-corrected chi connectivity index (χ2v) is 5.50. The normalized spacial score (nSPS) is 16.6. The molecule has 1 aromatic carbocycles. The van der Waals surface area contributed by atoms with Crippen molar-refractivity contribution in [3.05, 3.63) is 29.3 Å². The molecule has 4 nitrogen and oxygen atoms in total. The molecule has 0 unspecified atom stereocenters. The van der Waals surface area contributed by atoms with Crippen molar-refractivity contribution in [1.82, 2.24) is 4.90 Å². The van der Waals surface area contributed by atoms with Crippen molar-refractivity contribution in [2.75, 3.05) is 18.4 Å². The summed E-state index contributed by atoms with van der Waals surface area (Å²) < 4.78 is 0. The zero-order valence-corrected chi connectivity index (χ0v) is 12.1. The first-order valence-electron chi connectivity index (χ1n) is 7.09. The van der Waals surface area contributed by atoms with Crippen LogP contribution in [0.4, 0.5) is 5.69 Å². The third-order valence-corrected chi connectivity index (χ3v) is 3.91. The predicted octanol–water partition coefficient (Wildman–Crippen LogP) is 2.71. The van der Waals surface area contributed by atoms with E-state index in [1.807, 2.05) is 0 Å². The average molecular weight is 268 g/mol. The van der Waals surface area contributed by atoms with Gasteiger partial charge in [-0.05, 0) is 38.8 Å². The smallest absolute Gasteiger partial charge is 0.101 e. The lowest BCUT2D eigenvalue weighted by Gasteiger charge is -2.35. The van der Waals surface area contributed by atoms with Gasteiger partial charge in [-0.25, -0.2) is 0 Å². The topological polar surface area (TPSA) is 62.9 Å². The van der Waals surface area contributed by atoms with Crippen molar-refractivity contribution in [3.63, 3.8) is 0 Å². The zero-order valence-electron chi connectivity index (χ0n) is 12.1. The summed E-state index contributed by atoms with van der Waals surface area (Å²) in [6.45, 7) is 6.55. The van der Waals surface area contributed by atoms with Gasteiger partial charge in [-0.2, -0.15) is 10.5 Å². The maximum atomic E-state index is 9.18. The Morgan fingerprint density at radius 2 is 1.70 bits per heavy atom. The molecular weight excluding hydrogens is 248 g/mol. The van der Waals surface area contributed by atoms with Crippen LogP contribution in [0.15, 0.2) is 18.2 Å². The van der Waals surface area contributed by atoms with E-state index in [9.17, 15) is 10.5 Å². The van der Waals surface area contributed by atoms with E-state index < -0.39 is 0 Å². The van der Waals surface area contributed by atoms with Crippen LogP contribution >= 0.6 is 0 Å². The number of hydrogen-bond acceptors (Lipinski definition) is 4. The van der Waals surface area contributed by atoms with E-state index in [2.05, 4.69) is 36.2 Å². The molecule has 0 spiro atoms. The Morgan fingerprint density at radius 3 is 2.15 bits per heavy atom. The first kappa shape index (κ1) is 14.4. The van der Waals surface area contributed by atoms with Gasteiger partial charge >= 0.3 is 0 Å². The zero-order chi connectivity index (χ0) is 14.5. The van der Waals surface area contributed by atoms with E-state index in [1.165, 1.54) is 0 Å². The quantitative estimate of drug-likeness (QED) is 0.915. The average Bonchev–Trinajstić information content (AvgIpc) is 2.48. The predicted molar refractivity (Wildman–Crippen MR) is 79.2 cm³/mol. The van der Waals surface area contributed by atoms with Crippen molar-refractivity contribution in [2.24, 2.45) is 0 Å². The number of benzene rings is 1. The second kappa shape index (κ2) is 6.41. The third kappa shape index (κ3) is 3.10. The molecule has 1 N–H and O–H groups in total. The lowest BCUT2D eigenvalue weighted by atomic mass is 10.0. The second-order valence-electron chi connectivity index (χ2n) is 5.50. The van der Waals surface area contributed by atoms with Crippen molar-refractivity contribution < 1.29 is 0 Å². The summed E-state index contributed by atoms with van der Waals surface area (Å²) in [5.74, 6) is 0. The molecule has 0 bridgehead atoms. The summed E-state index contributed by atoms with van der Waals surface area (Å²) in [6.07, 6.45) is 2.09. The first-order chi connectivity index (χ1) is 9.65. The van der Waals surface area contributed by atoms with Crippen molar-refractivity contribution in [3.8, 4) is 12.1 Å². The molecule has 1 aliphatic rings. The maximum Gasteiger partial charge on any atom is 0.101 e. The van der Waals surface area contributed by atoms with E-state index in [0.29, 0.717) is 28.9 Å². The fraction of sp³-hybridized carbons (Fsp3) is 0.500. The largest absolute Gasteiger partial charge is 0.380 e. The molecule has 104 valence electrons. The maximum absolute atomic E-state index is 9.18. The summed E-state index contributed by atoms with van der Waals surface area (Å²) in [7, 11) is 0. The van der Waals surface area contributed by atoms with E-state index in [-0.39, 0.29) is 0 Å². The monoisotopic (exact) mass is 268 g/mol. The molecule has 1 heterocycles. The number of anilines is 1. The Morgan fingerprint density at radius 1 is 1.15 bits per heavy atom. The summed E-state index contributed by atoms with van der Waals surface area (Å²) in [5, 5.41) is 21.8. The summed E-state index contributed by atoms with van der Waals surface area (Å²) >= 11 is 0. The van der Waals surface area contributed by atoms with Crippen molar-refractivity contribution in [1.29, 1.82) is 10.5 Å². The number of hydrogen-bond donors (Lipinski definition) is 1. The number of likely N-dealkylation sites (tertiary alicyclic amines) is 1. The van der Waals surface area contributed by atoms with Crippen LogP contribution in [0.2, 0.25) is 0 Å². The highest BCUT2D eigenvalue weighted by molar-refractivity contribution is 5.66. The minimum absolute atomic E-state index is 0.339. The summed E-state index contributed by atoms with van der Waals surface area (Å²) in [5.41, 5.74) is 1.80. The number of para-hydroxylation sites is 1. The van der Waals surface area contributed by atoms with Crippen LogP contribution in [-0.2, 0) is 0 Å². The number of nitrogens with one attached hydrogen (secondary N) is 1. The van der Waals surface area contributed by atoms with Gasteiger partial charge in [0.1, 0.15) is 12.1 Å². The molecule has 4 heteroatoms. The molecule has 0 aliphatic carbocycles. The van der Waals surface area contributed by atoms with Gasteiger partial charge in [-0.3, -0.25) is 0 Å². The lowest BCUT2D eigenvalue weighted by Crippen LogP contribution is -2.42. The SMILES string of the molecule is CC(C)N1CCC(Nc2c(C#N)cccc2C#N)CC1. The molecule has 20 heavy (non-hydrogen) atoms. The Labute approximate surface area is 120 Å². The minimum atomic E-state index is 0.339. The van der Waals surface area contributed by atoms with Crippen molar-refractivity contribution >= 4 is 5.69 Å². The lowest BCUT2D eigenvalue weighted by molar-refractivity contribution is 0.177. The molecule has 1 aliphatic heterocycles. The van der Waals surface area contributed by atoms with E-state index in [4.69, 9.17) is 0 Å². The van der Waals surface area contributed by atoms with Crippen LogP contribution in [-0.4, -0.2) is 30.1 Å². The van der Waals surface area contributed by atoms with Gasteiger partial charge in [-0.1, -0.05) is 6.07 Å². The molecule has 0 amide bonds. The first-order valence-corrected chi connectivity index (χ1v) is 7.09. The number of nitrogens with zero attached hydrogens (tertiary/aromatic N) is 3. The summed E-state index contributed by atoms with van der Waals surface area (Å²) in [6, 6.07) is 10.5. The molecule has 1 saturated heterocycles. The van der Waals surface area contributed by atoms with Crippen LogP contribution in [0.3, 0.4) is 0 Å². The Bertz CT molecular complexity index is 510. The van der Waals surface area contributed by atoms with Crippen LogP contribution in [0, 0.1) is 22.7 Å². The van der Waals surface area contributed by atoms with Gasteiger partial charge in [-0.15, -0.1) is 0 Å². The van der Waals surface area contributed by atoms with Crippen LogP contribution in [0.25, 0.3) is 0 Å². The van der Waals surface area contributed by atoms with E-state index in [0.717, 1.165) is 25.9 Å². The van der Waals surface area contributed by atoms with Crippen LogP contribution in [0.5, 0.6) is 0 Å². The highest BCUT2D eigenvalue weighted by Crippen LogP contribution is 2.24. The van der Waals surface area contributed by atoms with Crippen molar-refractivity contribution in [2.45, 2.75) is 38.8 Å². The van der Waals surface area contributed by atoms with Gasteiger partial charge in [0, 0.05) is 25.2 Å². The Balaban J connectivity index is 2.09. The van der Waals surface area contributed by atoms with Gasteiger partial charge in [0.05, 0.1) is 16.8 Å². The van der Waals surface area contributed by atoms with Gasteiger partial charge < -0.3 is 10.2 Å². The number of piperidine rings is 1. The summed E-state index contributed by atoms with van der Waals surface area (Å²) in [4.78, 5) is 2.46. The molecule has 0 radical (unpaired) electrons. The molecule has 0 atom stereocenters. The van der Waals surface area contributed by atoms with E-state index in [1.54, 1.807) is 18.2 Å². The molecule has 2 rings (SSSR count). The van der Waals surface area contributed by atoms with Gasteiger partial charge in [0.15, 0.2) is 0 Å². The third-order valence-electron chi connectivity index (χ3n) is 3.91. The van der Waals surface area contributed by atoms with Crippen LogP contribution in [0.1, 0.15) is 37.8 Å². The highest BCUT2D eigenvalue weighted by atomic mass is 15.2. The molecule has 1 fully saturated rings. The molecule has 0 saturated carbocycles. The van der Waals surface area contributed by atoms with E-state index >= 15 is 0 Å². The van der Waals surface area contributed by atoms with Gasteiger partial charge in [0.25, 0.3) is 0 Å². The fourth-order valence-corrected chi connectivity index (χ4v) is 2.66. The number of rotatable bonds is 3. The highest BCUT2D eigenvalue weighted by Gasteiger charge is 2.22. The van der Waals surface area contributed by atoms with Crippen LogP contribution < -0.4 is 5.32 Å². The standard InChI is InChI=1S/C16H20N4/c1-12(2)20-8-6-15(7-9-20)19-16-13(10-17)4-3-5-14(16)11-18/h3-5,12,15,19H,6-9H2,1-2H3. The molecule has 0 aromatic heterocycles. The minimum Gasteiger partial charge on any atom is -0.380 e. The number of nitriles is 2. The Kier molecular flexibility index (Phi) is 4.61. The Hall–Kier alpha value is -2.04. The van der Waals surface area contributed by atoms with Gasteiger partial charge in [0.2, 0.25) is 0 Å².